The van der Waals surface area contributed by atoms with Crippen molar-refractivity contribution < 1.29 is 28.1 Å². The van der Waals surface area contributed by atoms with E-state index in [1.165, 1.54) is 0 Å². The van der Waals surface area contributed by atoms with Crippen molar-refractivity contribution in [3.63, 3.8) is 0 Å². The maximum absolute atomic E-state index is 12.5. The van der Waals surface area contributed by atoms with Crippen molar-refractivity contribution in [1.29, 1.82) is 0 Å². The average molecular weight is 441 g/mol. The van der Waals surface area contributed by atoms with Gasteiger partial charge in [0.05, 0.1) is 29.0 Å². The maximum Gasteiger partial charge on any atom is 0.497 e. The summed E-state index contributed by atoms with van der Waals surface area (Å²) >= 11 is 0. The highest BCUT2D eigenvalue weighted by Gasteiger charge is 2.54. The van der Waals surface area contributed by atoms with Crippen LogP contribution in [0.15, 0.2) is 18.2 Å². The molecule has 7 nitrogen and oxygen atoms in total. The molecule has 2 saturated heterocycles. The van der Waals surface area contributed by atoms with Gasteiger partial charge in [-0.15, -0.1) is 0 Å². The molecule has 0 amide bonds. The Morgan fingerprint density at radius 3 is 1.75 bits per heavy atom. The predicted molar refractivity (Wildman–Crippen MR) is 126 cm³/mol. The van der Waals surface area contributed by atoms with Gasteiger partial charge in [0.1, 0.15) is 5.69 Å². The molecule has 0 atom stereocenters. The van der Waals surface area contributed by atoms with Crippen LogP contribution in [0.2, 0.25) is 0 Å². The summed E-state index contributed by atoms with van der Waals surface area (Å²) in [5, 5.41) is 0.818. The largest absolute Gasteiger partial charge is 0.497 e. The second kappa shape index (κ2) is 7.35. The molecule has 0 saturated carbocycles. The zero-order valence-electron chi connectivity index (χ0n) is 20.5. The van der Waals surface area contributed by atoms with Crippen molar-refractivity contribution in [3.05, 3.63) is 23.9 Å². The SMILES string of the molecule is CCOC(=O)c1cc2c(B3OC(C)(C)C(C)(C)O3)ccc(B3OC(C)(C)C(C)(C)O3)c2[nH]1. The van der Waals surface area contributed by atoms with E-state index in [0.717, 1.165) is 21.8 Å². The molecule has 2 aromatic rings. The Kier molecular flexibility index (Phi) is 5.37. The molecule has 0 bridgehead atoms. The van der Waals surface area contributed by atoms with Crippen LogP contribution in [0, 0.1) is 0 Å². The molecular weight excluding hydrogens is 408 g/mol. The number of rotatable bonds is 4. The number of esters is 1. The lowest BCUT2D eigenvalue weighted by Crippen LogP contribution is -2.41. The molecule has 4 rings (SSSR count). The highest BCUT2D eigenvalue weighted by Crippen LogP contribution is 2.38. The van der Waals surface area contributed by atoms with Gasteiger partial charge >= 0.3 is 20.2 Å². The third-order valence-electron chi connectivity index (χ3n) is 7.37. The smallest absolute Gasteiger partial charge is 0.461 e. The van der Waals surface area contributed by atoms with E-state index in [-0.39, 0.29) is 0 Å². The van der Waals surface area contributed by atoms with Crippen LogP contribution in [-0.4, -0.2) is 54.2 Å². The van der Waals surface area contributed by atoms with Crippen LogP contribution in [0.5, 0.6) is 0 Å². The zero-order valence-corrected chi connectivity index (χ0v) is 20.5. The highest BCUT2D eigenvalue weighted by atomic mass is 16.7. The van der Waals surface area contributed by atoms with Gasteiger partial charge in [0.25, 0.3) is 0 Å². The summed E-state index contributed by atoms with van der Waals surface area (Å²) in [6, 6.07) is 5.71. The summed E-state index contributed by atoms with van der Waals surface area (Å²) in [5.41, 5.74) is 0.849. The fraction of sp³-hybridized carbons (Fsp3) is 0.609. The first kappa shape index (κ1) is 23.4. The Hall–Kier alpha value is -1.80. The minimum Gasteiger partial charge on any atom is -0.461 e. The van der Waals surface area contributed by atoms with E-state index >= 15 is 0 Å². The fourth-order valence-electron chi connectivity index (χ4n) is 3.92. The lowest BCUT2D eigenvalue weighted by atomic mass is 9.71. The van der Waals surface area contributed by atoms with Crippen LogP contribution in [0.3, 0.4) is 0 Å². The van der Waals surface area contributed by atoms with Crippen molar-refractivity contribution in [2.24, 2.45) is 0 Å². The fourth-order valence-corrected chi connectivity index (χ4v) is 3.92. The molecule has 0 aliphatic carbocycles. The molecule has 32 heavy (non-hydrogen) atoms. The molecule has 9 heteroatoms. The second-order valence-electron chi connectivity index (χ2n) is 10.6. The van der Waals surface area contributed by atoms with E-state index in [9.17, 15) is 4.79 Å². The van der Waals surface area contributed by atoms with Gasteiger partial charge in [-0.25, -0.2) is 4.79 Å². The number of carbonyl (C=O) groups is 1. The zero-order chi connectivity index (χ0) is 23.7. The summed E-state index contributed by atoms with van der Waals surface area (Å²) in [4.78, 5) is 15.8. The molecule has 3 heterocycles. The number of nitrogens with one attached hydrogen (secondary N) is 1. The quantitative estimate of drug-likeness (QED) is 0.581. The van der Waals surface area contributed by atoms with Crippen LogP contribution in [-0.2, 0) is 23.4 Å². The molecule has 1 N–H and O–H groups in total. The normalized spacial score (nSPS) is 23.2. The van der Waals surface area contributed by atoms with Gasteiger partial charge in [-0.05, 0) is 79.2 Å². The highest BCUT2D eigenvalue weighted by molar-refractivity contribution is 6.68. The van der Waals surface area contributed by atoms with Gasteiger partial charge in [-0.2, -0.15) is 0 Å². The van der Waals surface area contributed by atoms with Crippen molar-refractivity contribution in [2.45, 2.75) is 84.7 Å². The molecule has 0 spiro atoms. The topological polar surface area (TPSA) is 79.0 Å². The van der Waals surface area contributed by atoms with Crippen molar-refractivity contribution >= 4 is 42.0 Å². The van der Waals surface area contributed by atoms with Crippen LogP contribution >= 0.6 is 0 Å². The van der Waals surface area contributed by atoms with E-state index in [4.69, 9.17) is 23.4 Å². The van der Waals surface area contributed by atoms with E-state index in [0.29, 0.717) is 12.3 Å². The van der Waals surface area contributed by atoms with Gasteiger partial charge in [0.15, 0.2) is 0 Å². The molecule has 0 unspecified atom stereocenters. The van der Waals surface area contributed by atoms with E-state index in [1.807, 2.05) is 67.5 Å². The van der Waals surface area contributed by atoms with Crippen LogP contribution in [0.25, 0.3) is 10.9 Å². The number of H-pyrrole nitrogens is 1. The molecule has 2 fully saturated rings. The maximum atomic E-state index is 12.5. The summed E-state index contributed by atoms with van der Waals surface area (Å²) in [6.45, 7) is 18.2. The lowest BCUT2D eigenvalue weighted by Gasteiger charge is -2.32. The van der Waals surface area contributed by atoms with Crippen molar-refractivity contribution in [2.75, 3.05) is 6.61 Å². The summed E-state index contributed by atoms with van der Waals surface area (Å²) < 4.78 is 30.4. The number of hydrogen-bond acceptors (Lipinski definition) is 6. The predicted octanol–water partition coefficient (Wildman–Crippen LogP) is 2.94. The average Bonchev–Trinajstić information content (AvgIpc) is 3.25. The Balaban J connectivity index is 1.83. The number of aromatic nitrogens is 1. The van der Waals surface area contributed by atoms with Crippen LogP contribution in [0.4, 0.5) is 0 Å². The standard InChI is InChI=1S/C23H33B2NO6/c1-10-28-19(27)17-13-14-15(24-29-20(2,3)21(4,5)30-24)11-12-16(18(14)26-17)25-31-22(6,7)23(8,9)32-25/h11-13,26H,10H2,1-9H3. The molecule has 2 aliphatic heterocycles. The van der Waals surface area contributed by atoms with Crippen LogP contribution in [0.1, 0.15) is 72.8 Å². The Morgan fingerprint density at radius 2 is 1.28 bits per heavy atom. The van der Waals surface area contributed by atoms with Crippen molar-refractivity contribution in [3.8, 4) is 0 Å². The number of aromatic amines is 1. The summed E-state index contributed by atoms with van der Waals surface area (Å²) in [6.07, 6.45) is 0. The third-order valence-corrected chi connectivity index (χ3v) is 7.37. The van der Waals surface area contributed by atoms with E-state index in [2.05, 4.69) is 4.98 Å². The van der Waals surface area contributed by atoms with Gasteiger partial charge in [-0.1, -0.05) is 12.1 Å². The molecule has 0 radical (unpaired) electrons. The van der Waals surface area contributed by atoms with E-state index < -0.39 is 42.6 Å². The molecule has 172 valence electrons. The van der Waals surface area contributed by atoms with Gasteiger partial charge in [-0.3, -0.25) is 0 Å². The Labute approximate surface area is 190 Å². The number of ether oxygens (including phenoxy) is 1. The van der Waals surface area contributed by atoms with Gasteiger partial charge in [0, 0.05) is 11.0 Å². The first-order valence-corrected chi connectivity index (χ1v) is 11.2. The lowest BCUT2D eigenvalue weighted by molar-refractivity contribution is 0.00578. The third kappa shape index (κ3) is 3.59. The molecule has 1 aromatic carbocycles. The Morgan fingerprint density at radius 1 is 0.844 bits per heavy atom. The Bertz CT molecular complexity index is 953. The minimum absolute atomic E-state index is 0.294. The monoisotopic (exact) mass is 441 g/mol. The first-order valence-electron chi connectivity index (χ1n) is 11.2. The minimum atomic E-state index is -0.580. The number of fused-ring (bicyclic) bond motifs is 1. The molecule has 1 aromatic heterocycles. The van der Waals surface area contributed by atoms with Crippen molar-refractivity contribution in [1.82, 2.24) is 4.98 Å². The summed E-state index contributed by atoms with van der Waals surface area (Å²) in [7, 11) is -1.15. The number of benzene rings is 1. The number of carbonyl (C=O) groups excluding carboxylic acids is 1. The molecule has 2 aliphatic rings. The molecular formula is C23H33B2NO6. The second-order valence-corrected chi connectivity index (χ2v) is 10.6. The van der Waals surface area contributed by atoms with Gasteiger partial charge in [0.2, 0.25) is 0 Å². The van der Waals surface area contributed by atoms with E-state index in [1.54, 1.807) is 13.0 Å². The summed E-state index contributed by atoms with van der Waals surface area (Å²) in [5.74, 6) is -0.413. The first-order chi connectivity index (χ1) is 14.7. The van der Waals surface area contributed by atoms with Crippen LogP contribution < -0.4 is 10.9 Å². The number of hydrogen-bond donors (Lipinski definition) is 1. The van der Waals surface area contributed by atoms with Gasteiger partial charge < -0.3 is 28.3 Å².